The minimum Gasteiger partial charge on any atom is -0.340 e. The number of anilines is 1. The number of carbonyl (C=O) groups excluding carboxylic acids is 1. The van der Waals surface area contributed by atoms with Crippen LogP contribution in [0.25, 0.3) is 5.69 Å². The maximum absolute atomic E-state index is 14.0. The smallest absolute Gasteiger partial charge is 0.256 e. The van der Waals surface area contributed by atoms with Gasteiger partial charge in [0.25, 0.3) is 5.91 Å². The zero-order chi connectivity index (χ0) is 21.7. The topological polar surface area (TPSA) is 80.0 Å². The summed E-state index contributed by atoms with van der Waals surface area (Å²) < 4.78 is 29.3. The van der Waals surface area contributed by atoms with Crippen molar-refractivity contribution in [1.29, 1.82) is 0 Å². The molecule has 2 aromatic heterocycles. The summed E-state index contributed by atoms with van der Waals surface area (Å²) >= 11 is 0. The lowest BCUT2D eigenvalue weighted by Crippen LogP contribution is -2.34. The van der Waals surface area contributed by atoms with Gasteiger partial charge in [-0.05, 0) is 26.0 Å². The molecule has 0 N–H and O–H groups in total. The summed E-state index contributed by atoms with van der Waals surface area (Å²) in [5, 5.41) is 7.40. The molecule has 0 radical (unpaired) electrons. The van der Waals surface area contributed by atoms with E-state index in [2.05, 4.69) is 25.1 Å². The number of likely N-dealkylation sites (tertiary alicyclic amines) is 1. The van der Waals surface area contributed by atoms with Crippen molar-refractivity contribution in [3.05, 3.63) is 59.4 Å². The standard InChI is InChI=1S/C21H21F2N7O/c1-12-3-13(2)27-21(26-12)29-8-14-6-28(7-15(14)9-29)20(31)16-4-17(22)18(23)5-19(16)30-10-24-25-11-30/h3-5,10-11,14-15H,6-9H2,1-2H3. The van der Waals surface area contributed by atoms with E-state index >= 15 is 0 Å². The first-order valence-corrected chi connectivity index (χ1v) is 10.1. The molecular formula is C21H21F2N7O. The van der Waals surface area contributed by atoms with Gasteiger partial charge in [0, 0.05) is 55.5 Å². The van der Waals surface area contributed by atoms with Crippen molar-refractivity contribution in [3.8, 4) is 5.69 Å². The molecule has 1 amide bonds. The number of carbonyl (C=O) groups is 1. The Labute approximate surface area is 177 Å². The van der Waals surface area contributed by atoms with Gasteiger partial charge in [0.1, 0.15) is 12.7 Å². The first kappa shape index (κ1) is 19.5. The number of amides is 1. The third-order valence-corrected chi connectivity index (χ3v) is 5.99. The van der Waals surface area contributed by atoms with E-state index in [4.69, 9.17) is 0 Å². The number of halogens is 2. The summed E-state index contributed by atoms with van der Waals surface area (Å²) in [4.78, 5) is 26.2. The summed E-state index contributed by atoms with van der Waals surface area (Å²) in [6, 6.07) is 3.90. The second-order valence-electron chi connectivity index (χ2n) is 8.24. The SMILES string of the molecule is Cc1cc(C)nc(N2CC3CN(C(=O)c4cc(F)c(F)cc4-n4cnnc4)CC3C2)n1. The quantitative estimate of drug-likeness (QED) is 0.640. The van der Waals surface area contributed by atoms with Gasteiger partial charge < -0.3 is 9.80 Å². The van der Waals surface area contributed by atoms with Crippen molar-refractivity contribution in [2.24, 2.45) is 11.8 Å². The van der Waals surface area contributed by atoms with Crippen molar-refractivity contribution in [2.45, 2.75) is 13.8 Å². The Balaban J connectivity index is 1.35. The summed E-state index contributed by atoms with van der Waals surface area (Å²) in [5.74, 6) is -1.14. The highest BCUT2D eigenvalue weighted by Crippen LogP contribution is 2.34. The molecule has 3 aromatic rings. The molecule has 2 aliphatic rings. The number of aryl methyl sites for hydroxylation is 2. The Morgan fingerprint density at radius 3 is 2.10 bits per heavy atom. The molecule has 31 heavy (non-hydrogen) atoms. The summed E-state index contributed by atoms with van der Waals surface area (Å²) in [6.45, 7) is 6.51. The maximum atomic E-state index is 14.0. The van der Waals surface area contributed by atoms with E-state index in [1.165, 1.54) is 17.2 Å². The number of fused-ring (bicyclic) bond motifs is 1. The van der Waals surface area contributed by atoms with Crippen LogP contribution in [0.5, 0.6) is 0 Å². The second kappa shape index (κ2) is 7.36. The van der Waals surface area contributed by atoms with E-state index in [0.29, 0.717) is 13.1 Å². The Morgan fingerprint density at radius 2 is 1.48 bits per heavy atom. The van der Waals surface area contributed by atoms with Gasteiger partial charge in [-0.1, -0.05) is 0 Å². The normalized spacial score (nSPS) is 20.4. The largest absolute Gasteiger partial charge is 0.340 e. The molecule has 2 fully saturated rings. The van der Waals surface area contributed by atoms with Crippen LogP contribution in [-0.2, 0) is 0 Å². The van der Waals surface area contributed by atoms with Crippen molar-refractivity contribution >= 4 is 11.9 Å². The molecule has 0 spiro atoms. The van der Waals surface area contributed by atoms with Crippen LogP contribution >= 0.6 is 0 Å². The van der Waals surface area contributed by atoms with Crippen LogP contribution in [0.15, 0.2) is 30.9 Å². The average Bonchev–Trinajstić information content (AvgIpc) is 3.44. The Kier molecular flexibility index (Phi) is 4.64. The van der Waals surface area contributed by atoms with Crippen LogP contribution in [0.2, 0.25) is 0 Å². The van der Waals surface area contributed by atoms with E-state index in [9.17, 15) is 13.6 Å². The maximum Gasteiger partial charge on any atom is 0.256 e. The molecule has 0 aliphatic carbocycles. The van der Waals surface area contributed by atoms with Gasteiger partial charge in [-0.3, -0.25) is 9.36 Å². The number of aromatic nitrogens is 5. The predicted molar refractivity (Wildman–Crippen MR) is 108 cm³/mol. The molecule has 5 rings (SSSR count). The van der Waals surface area contributed by atoms with Crippen LogP contribution in [0.3, 0.4) is 0 Å². The zero-order valence-electron chi connectivity index (χ0n) is 17.2. The van der Waals surface area contributed by atoms with E-state index in [1.807, 2.05) is 19.9 Å². The third kappa shape index (κ3) is 3.51. The van der Waals surface area contributed by atoms with Crippen molar-refractivity contribution in [1.82, 2.24) is 29.6 Å². The van der Waals surface area contributed by atoms with E-state index in [-0.39, 0.29) is 29.0 Å². The number of nitrogens with zero attached hydrogens (tertiary/aromatic N) is 7. The van der Waals surface area contributed by atoms with Gasteiger partial charge in [-0.25, -0.2) is 18.7 Å². The summed E-state index contributed by atoms with van der Waals surface area (Å²) in [5.41, 5.74) is 2.16. The van der Waals surface area contributed by atoms with Crippen molar-refractivity contribution < 1.29 is 13.6 Å². The monoisotopic (exact) mass is 425 g/mol. The molecule has 8 nitrogen and oxygen atoms in total. The molecule has 0 saturated carbocycles. The first-order chi connectivity index (χ1) is 14.9. The number of rotatable bonds is 3. The van der Waals surface area contributed by atoms with Crippen LogP contribution in [0, 0.1) is 37.3 Å². The Hall–Kier alpha value is -3.43. The van der Waals surface area contributed by atoms with E-state index in [1.54, 1.807) is 4.90 Å². The fraction of sp³-hybridized carbons (Fsp3) is 0.381. The van der Waals surface area contributed by atoms with Gasteiger partial charge in [0.15, 0.2) is 11.6 Å². The van der Waals surface area contributed by atoms with Crippen LogP contribution in [-0.4, -0.2) is 61.7 Å². The highest BCUT2D eigenvalue weighted by atomic mass is 19.2. The molecule has 2 unspecified atom stereocenters. The summed E-state index contributed by atoms with van der Waals surface area (Å²) in [7, 11) is 0. The highest BCUT2D eigenvalue weighted by Gasteiger charge is 2.43. The molecule has 2 saturated heterocycles. The molecule has 10 heteroatoms. The first-order valence-electron chi connectivity index (χ1n) is 10.1. The average molecular weight is 425 g/mol. The Morgan fingerprint density at radius 1 is 0.903 bits per heavy atom. The van der Waals surface area contributed by atoms with Gasteiger partial charge in [0.2, 0.25) is 5.95 Å². The molecule has 160 valence electrons. The van der Waals surface area contributed by atoms with Crippen LogP contribution < -0.4 is 4.90 Å². The van der Waals surface area contributed by atoms with Crippen LogP contribution in [0.4, 0.5) is 14.7 Å². The lowest BCUT2D eigenvalue weighted by Gasteiger charge is -2.23. The molecule has 1 aromatic carbocycles. The van der Waals surface area contributed by atoms with Crippen molar-refractivity contribution in [3.63, 3.8) is 0 Å². The summed E-state index contributed by atoms with van der Waals surface area (Å²) in [6.07, 6.45) is 2.70. The fourth-order valence-electron chi connectivity index (χ4n) is 4.59. The number of hydrogen-bond donors (Lipinski definition) is 0. The van der Waals surface area contributed by atoms with Gasteiger partial charge in [-0.2, -0.15) is 0 Å². The van der Waals surface area contributed by atoms with E-state index in [0.717, 1.165) is 42.6 Å². The third-order valence-electron chi connectivity index (χ3n) is 5.99. The minimum absolute atomic E-state index is 0.0909. The van der Waals surface area contributed by atoms with Gasteiger partial charge in [0.05, 0.1) is 11.3 Å². The van der Waals surface area contributed by atoms with Crippen LogP contribution in [0.1, 0.15) is 21.7 Å². The lowest BCUT2D eigenvalue weighted by molar-refractivity contribution is 0.0782. The van der Waals surface area contributed by atoms with Gasteiger partial charge >= 0.3 is 0 Å². The minimum atomic E-state index is -1.06. The molecular weight excluding hydrogens is 404 g/mol. The Bertz CT molecular complexity index is 1120. The number of benzene rings is 1. The zero-order valence-corrected chi connectivity index (χ0v) is 17.2. The molecule has 2 atom stereocenters. The molecule has 0 bridgehead atoms. The van der Waals surface area contributed by atoms with Crippen molar-refractivity contribution in [2.75, 3.05) is 31.1 Å². The van der Waals surface area contributed by atoms with Gasteiger partial charge in [-0.15, -0.1) is 10.2 Å². The fourth-order valence-corrected chi connectivity index (χ4v) is 4.59. The highest BCUT2D eigenvalue weighted by molar-refractivity contribution is 5.98. The number of hydrogen-bond acceptors (Lipinski definition) is 6. The second-order valence-corrected chi connectivity index (χ2v) is 8.24. The molecule has 4 heterocycles. The molecule has 2 aliphatic heterocycles. The predicted octanol–water partition coefficient (Wildman–Crippen LogP) is 2.16. The van der Waals surface area contributed by atoms with E-state index < -0.39 is 11.6 Å². The lowest BCUT2D eigenvalue weighted by atomic mass is 10.0.